The summed E-state index contributed by atoms with van der Waals surface area (Å²) in [6.07, 6.45) is 6.96. The van der Waals surface area contributed by atoms with Gasteiger partial charge in [0.05, 0.1) is 6.33 Å². The minimum Gasteiger partial charge on any atom is -0.339 e. The normalized spacial score (nSPS) is 17.1. The van der Waals surface area contributed by atoms with Gasteiger partial charge >= 0.3 is 0 Å². The molecule has 18 heavy (non-hydrogen) atoms. The second-order valence-electron chi connectivity index (χ2n) is 4.62. The van der Waals surface area contributed by atoms with E-state index in [9.17, 15) is 8.42 Å². The molecule has 1 aliphatic carbocycles. The average Bonchev–Trinajstić information content (AvgIpc) is 2.68. The lowest BCUT2D eigenvalue weighted by molar-refractivity contribution is 0.219. The lowest BCUT2D eigenvalue weighted by atomic mass is 9.93. The van der Waals surface area contributed by atoms with Gasteiger partial charge in [0.15, 0.2) is 5.03 Å². The largest absolute Gasteiger partial charge is 0.339 e. The molecule has 5 nitrogen and oxygen atoms in total. The lowest BCUT2D eigenvalue weighted by Crippen LogP contribution is -2.44. The van der Waals surface area contributed by atoms with Gasteiger partial charge in [-0.2, -0.15) is 4.31 Å². The molecule has 0 bridgehead atoms. The molecule has 1 fully saturated rings. The SMILES string of the molecule is Cn1cnc(S(=O)(=O)N(CCCBr)C2CCC2)c1. The Morgan fingerprint density at radius 3 is 2.72 bits per heavy atom. The van der Waals surface area contributed by atoms with E-state index < -0.39 is 10.0 Å². The van der Waals surface area contributed by atoms with Crippen molar-refractivity contribution in [1.82, 2.24) is 13.9 Å². The van der Waals surface area contributed by atoms with Crippen molar-refractivity contribution in [1.29, 1.82) is 0 Å². The zero-order chi connectivity index (χ0) is 13.2. The molecule has 1 aliphatic rings. The molecule has 0 amide bonds. The van der Waals surface area contributed by atoms with Crippen LogP contribution in [0.15, 0.2) is 17.6 Å². The molecule has 1 aromatic heterocycles. The number of alkyl halides is 1. The Morgan fingerprint density at radius 2 is 2.28 bits per heavy atom. The van der Waals surface area contributed by atoms with Crippen molar-refractivity contribution < 1.29 is 8.42 Å². The van der Waals surface area contributed by atoms with E-state index >= 15 is 0 Å². The van der Waals surface area contributed by atoms with Crippen LogP contribution in [0.25, 0.3) is 0 Å². The topological polar surface area (TPSA) is 55.2 Å². The molecule has 0 unspecified atom stereocenters. The van der Waals surface area contributed by atoms with Crippen molar-refractivity contribution in [3.63, 3.8) is 0 Å². The second kappa shape index (κ2) is 5.71. The molecule has 0 saturated heterocycles. The number of sulfonamides is 1. The maximum atomic E-state index is 12.5. The second-order valence-corrected chi connectivity index (χ2v) is 7.25. The van der Waals surface area contributed by atoms with Crippen LogP contribution in [0, 0.1) is 0 Å². The van der Waals surface area contributed by atoms with Crippen molar-refractivity contribution in [2.75, 3.05) is 11.9 Å². The number of hydrogen-bond donors (Lipinski definition) is 0. The van der Waals surface area contributed by atoms with E-state index in [1.165, 1.54) is 6.33 Å². The maximum Gasteiger partial charge on any atom is 0.262 e. The van der Waals surface area contributed by atoms with Gasteiger partial charge in [-0.1, -0.05) is 22.4 Å². The van der Waals surface area contributed by atoms with Crippen molar-refractivity contribution in [2.24, 2.45) is 7.05 Å². The summed E-state index contributed by atoms with van der Waals surface area (Å²) in [5.41, 5.74) is 0. The van der Waals surface area contributed by atoms with Gasteiger partial charge in [0.2, 0.25) is 0 Å². The molecule has 0 spiro atoms. The molecule has 0 radical (unpaired) electrons. The lowest BCUT2D eigenvalue weighted by Gasteiger charge is -2.35. The van der Waals surface area contributed by atoms with Crippen LogP contribution in [0.2, 0.25) is 0 Å². The molecule has 1 heterocycles. The quantitative estimate of drug-likeness (QED) is 0.744. The highest BCUT2D eigenvalue weighted by atomic mass is 79.9. The average molecular weight is 336 g/mol. The highest BCUT2D eigenvalue weighted by Crippen LogP contribution is 2.29. The third kappa shape index (κ3) is 2.78. The summed E-state index contributed by atoms with van der Waals surface area (Å²) in [6, 6.07) is 0.163. The first-order valence-corrected chi connectivity index (χ1v) is 8.67. The van der Waals surface area contributed by atoms with Gasteiger partial charge in [-0.25, -0.2) is 13.4 Å². The minimum absolute atomic E-state index is 0.159. The number of imidazole rings is 1. The zero-order valence-electron chi connectivity index (χ0n) is 10.4. The molecule has 102 valence electrons. The molecule has 7 heteroatoms. The Hall–Kier alpha value is -0.400. The van der Waals surface area contributed by atoms with Gasteiger partial charge < -0.3 is 4.57 Å². The predicted molar refractivity (Wildman–Crippen MR) is 73.1 cm³/mol. The number of aryl methyl sites for hydroxylation is 1. The molecule has 0 N–H and O–H groups in total. The Kier molecular flexibility index (Phi) is 4.45. The number of hydrogen-bond acceptors (Lipinski definition) is 3. The zero-order valence-corrected chi connectivity index (χ0v) is 12.8. The first kappa shape index (κ1) is 14.0. The Morgan fingerprint density at radius 1 is 1.56 bits per heavy atom. The third-order valence-corrected chi connectivity index (χ3v) is 5.65. The summed E-state index contributed by atoms with van der Waals surface area (Å²) in [4.78, 5) is 3.98. The van der Waals surface area contributed by atoms with E-state index in [4.69, 9.17) is 0 Å². The van der Waals surface area contributed by atoms with E-state index in [2.05, 4.69) is 20.9 Å². The van der Waals surface area contributed by atoms with Crippen molar-refractivity contribution in [3.05, 3.63) is 12.5 Å². The van der Waals surface area contributed by atoms with Crippen LogP contribution in [0.1, 0.15) is 25.7 Å². The summed E-state index contributed by atoms with van der Waals surface area (Å²) in [5.74, 6) is 0. The number of halogens is 1. The Balaban J connectivity index is 2.22. The van der Waals surface area contributed by atoms with Crippen LogP contribution in [0.3, 0.4) is 0 Å². The Labute approximate surface area is 116 Å². The highest BCUT2D eigenvalue weighted by Gasteiger charge is 2.35. The monoisotopic (exact) mass is 335 g/mol. The van der Waals surface area contributed by atoms with Gasteiger partial charge in [-0.05, 0) is 19.3 Å². The number of aromatic nitrogens is 2. The Bertz CT molecular complexity index is 496. The van der Waals surface area contributed by atoms with Crippen LogP contribution in [-0.2, 0) is 17.1 Å². The van der Waals surface area contributed by atoms with Gasteiger partial charge in [0.1, 0.15) is 0 Å². The van der Waals surface area contributed by atoms with Crippen molar-refractivity contribution in [3.8, 4) is 0 Å². The third-order valence-electron chi connectivity index (χ3n) is 3.25. The van der Waals surface area contributed by atoms with E-state index in [1.807, 2.05) is 0 Å². The molecule has 0 aromatic carbocycles. The van der Waals surface area contributed by atoms with Gasteiger partial charge in [0.25, 0.3) is 10.0 Å². The van der Waals surface area contributed by atoms with Crippen LogP contribution in [0.4, 0.5) is 0 Å². The van der Waals surface area contributed by atoms with Gasteiger partial charge in [0, 0.05) is 31.2 Å². The molecule has 1 aromatic rings. The number of nitrogens with zero attached hydrogens (tertiary/aromatic N) is 3. The van der Waals surface area contributed by atoms with Crippen LogP contribution in [-0.4, -0.2) is 40.2 Å². The fourth-order valence-electron chi connectivity index (χ4n) is 2.03. The molecule has 0 aliphatic heterocycles. The first-order valence-electron chi connectivity index (χ1n) is 6.11. The fraction of sp³-hybridized carbons (Fsp3) is 0.727. The van der Waals surface area contributed by atoms with E-state index in [1.54, 1.807) is 22.1 Å². The smallest absolute Gasteiger partial charge is 0.262 e. The molecular weight excluding hydrogens is 318 g/mol. The molecular formula is C11H18BrN3O2S. The molecule has 2 rings (SSSR count). The predicted octanol–water partition coefficient (Wildman–Crippen LogP) is 1.75. The summed E-state index contributed by atoms with van der Waals surface area (Å²) >= 11 is 3.35. The van der Waals surface area contributed by atoms with Crippen LogP contribution < -0.4 is 0 Å². The van der Waals surface area contributed by atoms with Gasteiger partial charge in [-0.3, -0.25) is 0 Å². The summed E-state index contributed by atoms with van der Waals surface area (Å²) in [5, 5.41) is 0.972. The standard InChI is InChI=1S/C11H18BrN3O2S/c1-14-8-11(13-9-14)18(16,17)15(7-3-6-12)10-4-2-5-10/h8-10H,2-7H2,1H3. The van der Waals surface area contributed by atoms with Crippen molar-refractivity contribution >= 4 is 26.0 Å². The van der Waals surface area contributed by atoms with Gasteiger partial charge in [-0.15, -0.1) is 0 Å². The first-order chi connectivity index (χ1) is 8.55. The maximum absolute atomic E-state index is 12.5. The summed E-state index contributed by atoms with van der Waals surface area (Å²) in [7, 11) is -1.66. The molecule has 0 atom stereocenters. The summed E-state index contributed by atoms with van der Waals surface area (Å²) < 4.78 is 28.3. The summed E-state index contributed by atoms with van der Waals surface area (Å²) in [6.45, 7) is 0.564. The van der Waals surface area contributed by atoms with Crippen LogP contribution in [0.5, 0.6) is 0 Å². The fourth-order valence-corrected chi connectivity index (χ4v) is 3.98. The van der Waals surface area contributed by atoms with E-state index in [0.29, 0.717) is 6.54 Å². The number of rotatable bonds is 6. The molecule has 1 saturated carbocycles. The van der Waals surface area contributed by atoms with E-state index in [-0.39, 0.29) is 11.1 Å². The van der Waals surface area contributed by atoms with Crippen molar-refractivity contribution in [2.45, 2.75) is 36.8 Å². The van der Waals surface area contributed by atoms with Crippen LogP contribution >= 0.6 is 15.9 Å². The minimum atomic E-state index is -3.43. The van der Waals surface area contributed by atoms with E-state index in [0.717, 1.165) is 31.0 Å². The highest BCUT2D eigenvalue weighted by molar-refractivity contribution is 9.09.